The van der Waals surface area contributed by atoms with Gasteiger partial charge in [-0.1, -0.05) is 12.1 Å². The molecule has 0 unspecified atom stereocenters. The minimum Gasteiger partial charge on any atom is -0.497 e. The molecule has 1 aromatic carbocycles. The Kier molecular flexibility index (Phi) is 5.29. The van der Waals surface area contributed by atoms with Gasteiger partial charge in [0.05, 0.1) is 12.0 Å². The maximum Gasteiger partial charge on any atom is 0.283 e. The molecule has 1 N–H and O–H groups in total. The number of carbonyl (C=O) groups excluding carboxylic acids is 2. The van der Waals surface area contributed by atoms with Gasteiger partial charge in [-0.3, -0.25) is 9.59 Å². The Labute approximate surface area is 104 Å². The number of hydrogen-bond acceptors (Lipinski definition) is 4. The van der Waals surface area contributed by atoms with Crippen LogP contribution in [0.1, 0.15) is 5.56 Å². The number of amides is 1. The third-order valence-corrected chi connectivity index (χ3v) is 2.77. The number of rotatable bonds is 4. The molecule has 0 saturated heterocycles. The predicted octanol–water partition coefficient (Wildman–Crippen LogP) is 2.31. The van der Waals surface area contributed by atoms with E-state index in [0.717, 1.165) is 17.3 Å². The number of benzene rings is 1. The maximum atomic E-state index is 11.1. The summed E-state index contributed by atoms with van der Waals surface area (Å²) in [6.45, 7) is 0. The van der Waals surface area contributed by atoms with Gasteiger partial charge in [-0.05, 0) is 35.5 Å². The average molecular weight is 251 g/mol. The van der Waals surface area contributed by atoms with E-state index in [2.05, 4.69) is 5.32 Å². The van der Waals surface area contributed by atoms with E-state index >= 15 is 0 Å². The topological polar surface area (TPSA) is 55.4 Å². The Hall–Kier alpha value is -1.75. The van der Waals surface area contributed by atoms with E-state index in [1.807, 2.05) is 18.2 Å². The lowest BCUT2D eigenvalue weighted by atomic mass is 10.2. The number of carbonyl (C=O) groups is 2. The highest BCUT2D eigenvalue weighted by Crippen LogP contribution is 2.20. The monoisotopic (exact) mass is 251 g/mol. The van der Waals surface area contributed by atoms with Crippen LogP contribution in [0.5, 0.6) is 5.75 Å². The molecule has 0 aromatic heterocycles. The van der Waals surface area contributed by atoms with Crippen molar-refractivity contribution < 1.29 is 14.3 Å². The van der Waals surface area contributed by atoms with Crippen molar-refractivity contribution in [2.24, 2.45) is 0 Å². The van der Waals surface area contributed by atoms with Gasteiger partial charge in [0.15, 0.2) is 6.29 Å². The number of allylic oxidation sites excluding steroid dienone is 1. The number of methoxy groups -OCH3 is 1. The Morgan fingerprint density at radius 2 is 2.24 bits per heavy atom. The van der Waals surface area contributed by atoms with Crippen molar-refractivity contribution in [1.29, 1.82) is 0 Å². The van der Waals surface area contributed by atoms with Crippen molar-refractivity contribution in [2.45, 2.75) is 0 Å². The van der Waals surface area contributed by atoms with Crippen LogP contribution in [-0.4, -0.2) is 25.7 Å². The van der Waals surface area contributed by atoms with Gasteiger partial charge in [0.2, 0.25) is 0 Å². The second-order valence-corrected chi connectivity index (χ2v) is 4.13. The number of hydrogen-bond donors (Lipinski definition) is 1. The van der Waals surface area contributed by atoms with Gasteiger partial charge in [-0.15, -0.1) is 0 Å². The highest BCUT2D eigenvalue weighted by molar-refractivity contribution is 8.17. The van der Waals surface area contributed by atoms with Crippen molar-refractivity contribution in [1.82, 2.24) is 5.32 Å². The molecule has 0 aliphatic carbocycles. The Morgan fingerprint density at radius 3 is 2.82 bits per heavy atom. The number of aldehydes is 1. The van der Waals surface area contributed by atoms with Gasteiger partial charge >= 0.3 is 0 Å². The molecule has 4 nitrogen and oxygen atoms in total. The summed E-state index contributed by atoms with van der Waals surface area (Å²) in [6.07, 6.45) is 2.29. The van der Waals surface area contributed by atoms with Crippen LogP contribution in [0.25, 0.3) is 6.08 Å². The fourth-order valence-corrected chi connectivity index (χ4v) is 1.70. The van der Waals surface area contributed by atoms with E-state index < -0.39 is 0 Å². The van der Waals surface area contributed by atoms with Crippen LogP contribution < -0.4 is 10.1 Å². The molecule has 0 aliphatic heterocycles. The minimum atomic E-state index is -0.272. The van der Waals surface area contributed by atoms with Crippen LogP contribution in [-0.2, 0) is 4.79 Å². The van der Waals surface area contributed by atoms with Crippen molar-refractivity contribution >= 4 is 29.4 Å². The summed E-state index contributed by atoms with van der Waals surface area (Å²) >= 11 is 0.855. The van der Waals surface area contributed by atoms with Crippen molar-refractivity contribution in [3.8, 4) is 5.75 Å². The normalized spacial score (nSPS) is 10.8. The quantitative estimate of drug-likeness (QED) is 0.659. The van der Waals surface area contributed by atoms with Crippen LogP contribution in [0.2, 0.25) is 0 Å². The summed E-state index contributed by atoms with van der Waals surface area (Å²) < 4.78 is 5.07. The molecule has 17 heavy (non-hydrogen) atoms. The van der Waals surface area contributed by atoms with E-state index in [1.54, 1.807) is 19.3 Å². The van der Waals surface area contributed by atoms with E-state index in [-0.39, 0.29) is 5.24 Å². The van der Waals surface area contributed by atoms with Gasteiger partial charge < -0.3 is 10.1 Å². The highest BCUT2D eigenvalue weighted by Gasteiger charge is 2.04. The molecule has 1 aromatic rings. The zero-order valence-corrected chi connectivity index (χ0v) is 10.4. The summed E-state index contributed by atoms with van der Waals surface area (Å²) in [7, 11) is 3.09. The van der Waals surface area contributed by atoms with Gasteiger partial charge in [0.1, 0.15) is 5.75 Å². The molecule has 0 bridgehead atoms. The fourth-order valence-electron chi connectivity index (χ4n) is 1.14. The first-order valence-electron chi connectivity index (χ1n) is 4.90. The standard InChI is InChI=1S/C12H13NO3S/c1-13-12(15)17-11(8-14)7-9-4-3-5-10(6-9)16-2/h3-8H,1-2H3,(H,13,15)/b11-7-. The first-order valence-corrected chi connectivity index (χ1v) is 5.71. The van der Waals surface area contributed by atoms with Crippen molar-refractivity contribution in [3.05, 3.63) is 34.7 Å². The highest BCUT2D eigenvalue weighted by atomic mass is 32.2. The molecule has 0 spiro atoms. The van der Waals surface area contributed by atoms with Gasteiger partial charge in [0, 0.05) is 7.05 Å². The van der Waals surface area contributed by atoms with Crippen LogP contribution in [0.15, 0.2) is 29.2 Å². The van der Waals surface area contributed by atoms with Crippen LogP contribution in [0, 0.1) is 0 Å². The largest absolute Gasteiger partial charge is 0.497 e. The molecule has 1 rings (SSSR count). The SMILES string of the molecule is CNC(=O)S/C(C=O)=C\c1cccc(OC)c1. The van der Waals surface area contributed by atoms with Crippen molar-refractivity contribution in [3.63, 3.8) is 0 Å². The first-order chi connectivity index (χ1) is 8.19. The molecule has 0 heterocycles. The molecule has 0 atom stereocenters. The lowest BCUT2D eigenvalue weighted by molar-refractivity contribution is -0.104. The second kappa shape index (κ2) is 6.75. The van der Waals surface area contributed by atoms with Gasteiger partial charge in [-0.25, -0.2) is 0 Å². The van der Waals surface area contributed by atoms with E-state index in [4.69, 9.17) is 4.74 Å². The van der Waals surface area contributed by atoms with Crippen LogP contribution in [0.4, 0.5) is 4.79 Å². The molecule has 0 aliphatic rings. The summed E-state index contributed by atoms with van der Waals surface area (Å²) in [4.78, 5) is 22.3. The lowest BCUT2D eigenvalue weighted by Gasteiger charge is -2.02. The molecule has 1 amide bonds. The molecular weight excluding hydrogens is 238 g/mol. The maximum absolute atomic E-state index is 11.1. The third-order valence-electron chi connectivity index (χ3n) is 1.93. The molecule has 5 heteroatoms. The zero-order chi connectivity index (χ0) is 12.7. The lowest BCUT2D eigenvalue weighted by Crippen LogP contribution is -2.11. The molecule has 0 saturated carbocycles. The Morgan fingerprint density at radius 1 is 1.47 bits per heavy atom. The molecular formula is C12H13NO3S. The summed E-state index contributed by atoms with van der Waals surface area (Å²) in [5.74, 6) is 0.703. The molecule has 90 valence electrons. The first kappa shape index (κ1) is 13.3. The zero-order valence-electron chi connectivity index (χ0n) is 9.60. The van der Waals surface area contributed by atoms with Crippen LogP contribution >= 0.6 is 11.8 Å². The van der Waals surface area contributed by atoms with E-state index in [0.29, 0.717) is 16.9 Å². The average Bonchev–Trinajstić information content (AvgIpc) is 2.37. The molecule has 0 fully saturated rings. The smallest absolute Gasteiger partial charge is 0.283 e. The van der Waals surface area contributed by atoms with E-state index in [9.17, 15) is 9.59 Å². The summed E-state index contributed by atoms with van der Waals surface area (Å²) in [5, 5.41) is 2.17. The molecule has 0 radical (unpaired) electrons. The minimum absolute atomic E-state index is 0.272. The Balaban J connectivity index is 2.89. The third kappa shape index (κ3) is 4.32. The number of nitrogens with one attached hydrogen (secondary N) is 1. The van der Waals surface area contributed by atoms with Gasteiger partial charge in [-0.2, -0.15) is 0 Å². The summed E-state index contributed by atoms with van der Waals surface area (Å²) in [5.41, 5.74) is 0.808. The van der Waals surface area contributed by atoms with Crippen molar-refractivity contribution in [2.75, 3.05) is 14.2 Å². The number of ether oxygens (including phenoxy) is 1. The Bertz CT molecular complexity index is 443. The predicted molar refractivity (Wildman–Crippen MR) is 69.1 cm³/mol. The second-order valence-electron chi connectivity index (χ2n) is 3.08. The van der Waals surface area contributed by atoms with E-state index in [1.165, 1.54) is 7.05 Å². The number of thioether (sulfide) groups is 1. The summed E-state index contributed by atoms with van der Waals surface area (Å²) in [6, 6.07) is 7.24. The van der Waals surface area contributed by atoms with Crippen LogP contribution in [0.3, 0.4) is 0 Å². The fraction of sp³-hybridized carbons (Fsp3) is 0.167. The van der Waals surface area contributed by atoms with Gasteiger partial charge in [0.25, 0.3) is 5.24 Å².